The van der Waals surface area contributed by atoms with Crippen LogP contribution in [0.2, 0.25) is 0 Å². The summed E-state index contributed by atoms with van der Waals surface area (Å²) in [6.07, 6.45) is 3.97. The molecule has 21 heavy (non-hydrogen) atoms. The molecular weight excluding hydrogens is 297 g/mol. The molecule has 110 valence electrons. The van der Waals surface area contributed by atoms with Crippen molar-refractivity contribution in [1.29, 1.82) is 0 Å². The molecule has 1 atom stereocenters. The van der Waals surface area contributed by atoms with Crippen LogP contribution in [0.5, 0.6) is 0 Å². The fourth-order valence-corrected chi connectivity index (χ4v) is 4.57. The van der Waals surface area contributed by atoms with E-state index >= 15 is 0 Å². The van der Waals surface area contributed by atoms with Gasteiger partial charge in [-0.3, -0.25) is 5.09 Å². The Kier molecular flexibility index (Phi) is 6.94. The summed E-state index contributed by atoms with van der Waals surface area (Å²) in [5.41, 5.74) is 0. The Bertz CT molecular complexity index is 496. The standard InChI is InChI=1S/C17H20NOPS/c1-21-13-12-15(14-19)18-20(16-8-4-2-5-9-16)17-10-6-3-7-11-17/h2-11,14-15,18H,12-13H2,1H3/t15-/m1/s1. The highest BCUT2D eigenvalue weighted by Crippen LogP contribution is 2.29. The first kappa shape index (κ1) is 16.2. The number of thioether (sulfide) groups is 1. The Balaban J connectivity index is 2.22. The molecule has 0 bridgehead atoms. The highest BCUT2D eigenvalue weighted by molar-refractivity contribution is 7.98. The van der Waals surface area contributed by atoms with Crippen molar-refractivity contribution in [2.75, 3.05) is 12.0 Å². The lowest BCUT2D eigenvalue weighted by molar-refractivity contribution is -0.109. The van der Waals surface area contributed by atoms with E-state index in [0.29, 0.717) is 0 Å². The van der Waals surface area contributed by atoms with Gasteiger partial charge in [-0.2, -0.15) is 11.8 Å². The molecule has 0 aliphatic carbocycles. The van der Waals surface area contributed by atoms with Crippen LogP contribution in [0, 0.1) is 0 Å². The molecule has 0 radical (unpaired) electrons. The Morgan fingerprint density at radius 1 is 1.05 bits per heavy atom. The third-order valence-electron chi connectivity index (χ3n) is 3.12. The fourth-order valence-electron chi connectivity index (χ4n) is 2.03. The van der Waals surface area contributed by atoms with Crippen LogP contribution < -0.4 is 15.7 Å². The first-order valence-corrected chi connectivity index (χ1v) is 9.69. The van der Waals surface area contributed by atoms with Crippen molar-refractivity contribution < 1.29 is 4.79 Å². The van der Waals surface area contributed by atoms with E-state index in [0.717, 1.165) is 18.5 Å². The number of benzene rings is 2. The number of nitrogens with one attached hydrogen (secondary N) is 1. The third-order valence-corrected chi connectivity index (χ3v) is 5.98. The molecular formula is C17H20NOPS. The molecule has 0 aliphatic heterocycles. The maximum Gasteiger partial charge on any atom is 0.137 e. The van der Waals surface area contributed by atoms with E-state index in [1.165, 1.54) is 10.6 Å². The Morgan fingerprint density at radius 3 is 2.00 bits per heavy atom. The van der Waals surface area contributed by atoms with Crippen molar-refractivity contribution in [2.45, 2.75) is 12.5 Å². The van der Waals surface area contributed by atoms with E-state index in [-0.39, 0.29) is 6.04 Å². The number of carbonyl (C=O) groups is 1. The Morgan fingerprint density at radius 2 is 1.57 bits per heavy atom. The zero-order valence-electron chi connectivity index (χ0n) is 12.1. The summed E-state index contributed by atoms with van der Waals surface area (Å²) < 4.78 is 0. The predicted octanol–water partition coefficient (Wildman–Crippen LogP) is 2.94. The van der Waals surface area contributed by atoms with Crippen LogP contribution >= 0.6 is 19.8 Å². The second kappa shape index (κ2) is 8.99. The second-order valence-corrected chi connectivity index (χ2v) is 7.61. The molecule has 2 aromatic carbocycles. The van der Waals surface area contributed by atoms with Crippen LogP contribution in [0.3, 0.4) is 0 Å². The van der Waals surface area contributed by atoms with Gasteiger partial charge in [0.1, 0.15) is 6.29 Å². The maximum atomic E-state index is 11.3. The van der Waals surface area contributed by atoms with Crippen molar-refractivity contribution in [3.8, 4) is 0 Å². The lowest BCUT2D eigenvalue weighted by Crippen LogP contribution is -2.33. The van der Waals surface area contributed by atoms with Crippen molar-refractivity contribution in [2.24, 2.45) is 0 Å². The van der Waals surface area contributed by atoms with Crippen LogP contribution in [0.15, 0.2) is 60.7 Å². The minimum Gasteiger partial charge on any atom is -0.302 e. The molecule has 0 aliphatic rings. The summed E-state index contributed by atoms with van der Waals surface area (Å²) in [6.45, 7) is 0. The van der Waals surface area contributed by atoms with Crippen LogP contribution in [0.1, 0.15) is 6.42 Å². The van der Waals surface area contributed by atoms with Gasteiger partial charge in [0.2, 0.25) is 0 Å². The largest absolute Gasteiger partial charge is 0.302 e. The van der Waals surface area contributed by atoms with Crippen molar-refractivity contribution in [1.82, 2.24) is 5.09 Å². The van der Waals surface area contributed by atoms with Gasteiger partial charge in [0.15, 0.2) is 0 Å². The van der Waals surface area contributed by atoms with Crippen LogP contribution in [-0.4, -0.2) is 24.3 Å². The van der Waals surface area contributed by atoms with Gasteiger partial charge in [-0.25, -0.2) is 0 Å². The van der Waals surface area contributed by atoms with Gasteiger partial charge in [0.25, 0.3) is 0 Å². The molecule has 0 saturated carbocycles. The number of hydrogen-bond donors (Lipinski definition) is 1. The maximum absolute atomic E-state index is 11.3. The molecule has 1 N–H and O–H groups in total. The summed E-state index contributed by atoms with van der Waals surface area (Å²) in [5.74, 6) is 0.989. The van der Waals surface area contributed by atoms with E-state index in [2.05, 4.69) is 35.6 Å². The first-order chi connectivity index (χ1) is 10.3. The number of hydrogen-bond acceptors (Lipinski definition) is 3. The van der Waals surface area contributed by atoms with E-state index in [9.17, 15) is 4.79 Å². The zero-order valence-corrected chi connectivity index (χ0v) is 13.8. The SMILES string of the molecule is CSCC[C@H](C=O)NP(c1ccccc1)c1ccccc1. The summed E-state index contributed by atoms with van der Waals surface area (Å²) in [6, 6.07) is 20.7. The van der Waals surface area contributed by atoms with Crippen molar-refractivity contribution in [3.63, 3.8) is 0 Å². The molecule has 0 fully saturated rings. The smallest absolute Gasteiger partial charge is 0.137 e. The van der Waals surface area contributed by atoms with Gasteiger partial charge in [0.05, 0.1) is 6.04 Å². The molecule has 4 heteroatoms. The highest BCUT2D eigenvalue weighted by Gasteiger charge is 2.17. The molecule has 2 aromatic rings. The normalized spacial score (nSPS) is 12.3. The molecule has 0 unspecified atom stereocenters. The number of rotatable bonds is 8. The Hall–Kier alpha value is -1.15. The van der Waals surface area contributed by atoms with Crippen LogP contribution in [0.4, 0.5) is 0 Å². The third kappa shape index (κ3) is 4.96. The predicted molar refractivity (Wildman–Crippen MR) is 95.1 cm³/mol. The summed E-state index contributed by atoms with van der Waals surface area (Å²) in [7, 11) is -0.703. The van der Waals surface area contributed by atoms with E-state index < -0.39 is 8.07 Å². The van der Waals surface area contributed by atoms with Gasteiger partial charge in [-0.15, -0.1) is 0 Å². The molecule has 0 spiro atoms. The minimum absolute atomic E-state index is 0.0935. The Labute approximate surface area is 132 Å². The average Bonchev–Trinajstić information content (AvgIpc) is 2.57. The van der Waals surface area contributed by atoms with Gasteiger partial charge in [-0.05, 0) is 29.0 Å². The quantitative estimate of drug-likeness (QED) is 0.599. The lowest BCUT2D eigenvalue weighted by atomic mass is 10.3. The van der Waals surface area contributed by atoms with E-state index in [4.69, 9.17) is 0 Å². The summed E-state index contributed by atoms with van der Waals surface area (Å²) in [4.78, 5) is 11.3. The van der Waals surface area contributed by atoms with Gasteiger partial charge in [-0.1, -0.05) is 60.7 Å². The molecule has 0 heterocycles. The molecule has 2 rings (SSSR count). The molecule has 0 saturated heterocycles. The number of aldehydes is 1. The van der Waals surface area contributed by atoms with Gasteiger partial charge in [0, 0.05) is 8.07 Å². The van der Waals surface area contributed by atoms with Crippen molar-refractivity contribution in [3.05, 3.63) is 60.7 Å². The minimum atomic E-state index is -0.703. The van der Waals surface area contributed by atoms with Crippen LogP contribution in [0.25, 0.3) is 0 Å². The molecule has 0 aromatic heterocycles. The summed E-state index contributed by atoms with van der Waals surface area (Å²) >= 11 is 1.77. The van der Waals surface area contributed by atoms with Gasteiger partial charge >= 0.3 is 0 Å². The van der Waals surface area contributed by atoms with Gasteiger partial charge < -0.3 is 4.79 Å². The van der Waals surface area contributed by atoms with E-state index in [1.807, 2.05) is 36.4 Å². The first-order valence-electron chi connectivity index (χ1n) is 6.96. The average molecular weight is 317 g/mol. The fraction of sp³-hybridized carbons (Fsp3) is 0.235. The number of carbonyl (C=O) groups excluding carboxylic acids is 1. The topological polar surface area (TPSA) is 29.1 Å². The molecule has 2 nitrogen and oxygen atoms in total. The second-order valence-electron chi connectivity index (χ2n) is 4.66. The molecule has 0 amide bonds. The monoisotopic (exact) mass is 317 g/mol. The summed E-state index contributed by atoms with van der Waals surface area (Å²) in [5, 5.41) is 6.04. The zero-order chi connectivity index (χ0) is 14.9. The van der Waals surface area contributed by atoms with Crippen LogP contribution in [-0.2, 0) is 4.79 Å². The highest BCUT2D eigenvalue weighted by atomic mass is 32.2. The van der Waals surface area contributed by atoms with E-state index in [1.54, 1.807) is 11.8 Å². The van der Waals surface area contributed by atoms with Crippen molar-refractivity contribution >= 4 is 36.7 Å². The lowest BCUT2D eigenvalue weighted by Gasteiger charge is -2.23.